The van der Waals surface area contributed by atoms with Crippen LogP contribution in [0, 0.1) is 0 Å². The van der Waals surface area contributed by atoms with E-state index in [9.17, 15) is 18.0 Å². The molecule has 0 spiro atoms. The van der Waals surface area contributed by atoms with Gasteiger partial charge >= 0.3 is 5.97 Å². The highest BCUT2D eigenvalue weighted by atomic mass is 32.2. The highest BCUT2D eigenvalue weighted by molar-refractivity contribution is 7.89. The Kier molecular flexibility index (Phi) is 6.32. The lowest BCUT2D eigenvalue weighted by molar-refractivity contribution is -0.121. The molecule has 2 heterocycles. The molecule has 2 atom stereocenters. The van der Waals surface area contributed by atoms with E-state index in [0.717, 1.165) is 17.7 Å². The maximum absolute atomic E-state index is 13.1. The SMILES string of the molecule is C[C@@H]1CN(S(=O)(=O)c2cccc(C(=O)OCC(=O)N3CCc4ccccc43)c2)C[C@@H](C)O1. The van der Waals surface area contributed by atoms with Gasteiger partial charge in [0.05, 0.1) is 22.7 Å². The van der Waals surface area contributed by atoms with E-state index in [4.69, 9.17) is 9.47 Å². The van der Waals surface area contributed by atoms with E-state index in [1.165, 1.54) is 28.6 Å². The molecule has 0 N–H and O–H groups in total. The van der Waals surface area contributed by atoms with Gasteiger partial charge < -0.3 is 14.4 Å². The van der Waals surface area contributed by atoms with Crippen LogP contribution in [0.1, 0.15) is 29.8 Å². The lowest BCUT2D eigenvalue weighted by Crippen LogP contribution is -2.48. The molecule has 1 amide bonds. The van der Waals surface area contributed by atoms with Crippen molar-refractivity contribution in [2.45, 2.75) is 37.4 Å². The average molecular weight is 459 g/mol. The van der Waals surface area contributed by atoms with Crippen LogP contribution in [0.2, 0.25) is 0 Å². The van der Waals surface area contributed by atoms with Gasteiger partial charge in [-0.15, -0.1) is 0 Å². The quantitative estimate of drug-likeness (QED) is 0.638. The van der Waals surface area contributed by atoms with Crippen LogP contribution in [0.3, 0.4) is 0 Å². The van der Waals surface area contributed by atoms with E-state index in [2.05, 4.69) is 0 Å². The Balaban J connectivity index is 1.43. The number of carbonyl (C=O) groups is 2. The first-order valence-corrected chi connectivity index (χ1v) is 12.0. The van der Waals surface area contributed by atoms with Crippen LogP contribution in [0.15, 0.2) is 53.4 Å². The fraction of sp³-hybridized carbons (Fsp3) is 0.391. The summed E-state index contributed by atoms with van der Waals surface area (Å²) in [5.41, 5.74) is 1.99. The average Bonchev–Trinajstić information content (AvgIpc) is 3.21. The van der Waals surface area contributed by atoms with Crippen molar-refractivity contribution in [3.05, 3.63) is 59.7 Å². The number of amides is 1. The van der Waals surface area contributed by atoms with Gasteiger partial charge in [0.25, 0.3) is 5.91 Å². The van der Waals surface area contributed by atoms with Gasteiger partial charge in [0.15, 0.2) is 6.61 Å². The van der Waals surface area contributed by atoms with Crippen molar-refractivity contribution in [2.75, 3.05) is 31.1 Å². The summed E-state index contributed by atoms with van der Waals surface area (Å²) in [5.74, 6) is -1.06. The van der Waals surface area contributed by atoms with Crippen molar-refractivity contribution < 1.29 is 27.5 Å². The predicted molar refractivity (Wildman–Crippen MR) is 118 cm³/mol. The predicted octanol–water partition coefficient (Wildman–Crippen LogP) is 2.23. The molecule has 0 aromatic heterocycles. The number of ether oxygens (including phenoxy) is 2. The summed E-state index contributed by atoms with van der Waals surface area (Å²) in [7, 11) is -3.79. The second-order valence-electron chi connectivity index (χ2n) is 8.11. The number of anilines is 1. The zero-order valence-corrected chi connectivity index (χ0v) is 18.9. The first-order valence-electron chi connectivity index (χ1n) is 10.6. The van der Waals surface area contributed by atoms with Gasteiger partial charge in [0.1, 0.15) is 0 Å². The number of esters is 1. The molecule has 4 rings (SSSR count). The lowest BCUT2D eigenvalue weighted by atomic mass is 10.2. The van der Waals surface area contributed by atoms with Crippen molar-refractivity contribution >= 4 is 27.6 Å². The van der Waals surface area contributed by atoms with E-state index in [-0.39, 0.29) is 41.7 Å². The molecule has 0 saturated carbocycles. The number of nitrogens with zero attached hydrogens (tertiary/aromatic N) is 2. The van der Waals surface area contributed by atoms with Gasteiger partial charge in [-0.05, 0) is 50.1 Å². The van der Waals surface area contributed by atoms with Gasteiger partial charge in [-0.25, -0.2) is 13.2 Å². The van der Waals surface area contributed by atoms with Crippen LogP contribution >= 0.6 is 0 Å². The van der Waals surface area contributed by atoms with Crippen LogP contribution in [-0.4, -0.2) is 63.0 Å². The van der Waals surface area contributed by atoms with Crippen molar-refractivity contribution in [1.29, 1.82) is 0 Å². The maximum atomic E-state index is 13.1. The normalized spacial score (nSPS) is 21.2. The summed E-state index contributed by atoms with van der Waals surface area (Å²) < 4.78 is 38.3. The second kappa shape index (κ2) is 9.01. The highest BCUT2D eigenvalue weighted by Gasteiger charge is 2.32. The molecule has 0 unspecified atom stereocenters. The number of morpholine rings is 1. The molecule has 1 fully saturated rings. The molecule has 0 bridgehead atoms. The van der Waals surface area contributed by atoms with E-state index in [1.54, 1.807) is 4.90 Å². The minimum Gasteiger partial charge on any atom is -0.452 e. The van der Waals surface area contributed by atoms with Gasteiger partial charge in [-0.1, -0.05) is 24.3 Å². The Bertz CT molecular complexity index is 1120. The Morgan fingerprint density at radius 2 is 1.78 bits per heavy atom. The summed E-state index contributed by atoms with van der Waals surface area (Å²) in [5, 5.41) is 0. The van der Waals surface area contributed by atoms with Crippen molar-refractivity contribution in [3.8, 4) is 0 Å². The van der Waals surface area contributed by atoms with Gasteiger partial charge in [-0.3, -0.25) is 4.79 Å². The Morgan fingerprint density at radius 1 is 1.06 bits per heavy atom. The highest BCUT2D eigenvalue weighted by Crippen LogP contribution is 2.27. The number of fused-ring (bicyclic) bond motifs is 1. The van der Waals surface area contributed by atoms with E-state index in [1.807, 2.05) is 38.1 Å². The zero-order chi connectivity index (χ0) is 22.9. The van der Waals surface area contributed by atoms with Gasteiger partial charge in [0, 0.05) is 25.3 Å². The molecule has 2 aliphatic rings. The maximum Gasteiger partial charge on any atom is 0.338 e. The number of sulfonamides is 1. The Morgan fingerprint density at radius 3 is 2.53 bits per heavy atom. The molecular formula is C23H26N2O6S. The number of rotatable bonds is 5. The number of hydrogen-bond acceptors (Lipinski definition) is 6. The van der Waals surface area contributed by atoms with Crippen LogP contribution in [-0.2, 0) is 30.7 Å². The summed E-state index contributed by atoms with van der Waals surface area (Å²) >= 11 is 0. The van der Waals surface area contributed by atoms with Crippen LogP contribution in [0.25, 0.3) is 0 Å². The number of para-hydroxylation sites is 1. The lowest BCUT2D eigenvalue weighted by Gasteiger charge is -2.34. The standard InChI is InChI=1S/C23H26N2O6S/c1-16-13-24(14-17(2)31-16)32(28,29)20-8-5-7-19(12-20)23(27)30-15-22(26)25-11-10-18-6-3-4-9-21(18)25/h3-9,12,16-17H,10-11,13-15H2,1-2H3/t16-,17-/m1/s1. The van der Waals surface area contributed by atoms with Crippen LogP contribution in [0.5, 0.6) is 0 Å². The number of hydrogen-bond donors (Lipinski definition) is 0. The molecule has 2 aliphatic heterocycles. The molecule has 2 aromatic rings. The fourth-order valence-electron chi connectivity index (χ4n) is 4.15. The molecule has 8 nitrogen and oxygen atoms in total. The summed E-state index contributed by atoms with van der Waals surface area (Å²) in [6, 6.07) is 13.3. The molecule has 1 saturated heterocycles. The Labute approximate surface area is 187 Å². The molecule has 9 heteroatoms. The largest absolute Gasteiger partial charge is 0.452 e. The van der Waals surface area contributed by atoms with Crippen molar-refractivity contribution in [1.82, 2.24) is 4.31 Å². The monoisotopic (exact) mass is 458 g/mol. The first-order chi connectivity index (χ1) is 15.3. The summed E-state index contributed by atoms with van der Waals surface area (Å²) in [6.07, 6.45) is 0.320. The third-order valence-corrected chi connectivity index (χ3v) is 7.44. The molecule has 0 aliphatic carbocycles. The van der Waals surface area contributed by atoms with Crippen LogP contribution in [0.4, 0.5) is 5.69 Å². The third-order valence-electron chi connectivity index (χ3n) is 5.61. The topological polar surface area (TPSA) is 93.2 Å². The number of benzene rings is 2. The number of carbonyl (C=O) groups excluding carboxylic acids is 2. The molecular weight excluding hydrogens is 432 g/mol. The summed E-state index contributed by atoms with van der Waals surface area (Å²) in [4.78, 5) is 26.7. The van der Waals surface area contributed by atoms with Crippen molar-refractivity contribution in [3.63, 3.8) is 0 Å². The molecule has 32 heavy (non-hydrogen) atoms. The minimum absolute atomic E-state index is 0.00745. The minimum atomic E-state index is -3.79. The van der Waals surface area contributed by atoms with Crippen molar-refractivity contribution in [2.24, 2.45) is 0 Å². The van der Waals surface area contributed by atoms with Gasteiger partial charge in [-0.2, -0.15) is 4.31 Å². The second-order valence-corrected chi connectivity index (χ2v) is 10.0. The molecule has 0 radical (unpaired) electrons. The third kappa shape index (κ3) is 4.55. The van der Waals surface area contributed by atoms with E-state index in [0.29, 0.717) is 6.54 Å². The van der Waals surface area contributed by atoms with E-state index >= 15 is 0 Å². The smallest absolute Gasteiger partial charge is 0.338 e. The Hall–Kier alpha value is -2.75. The molecule has 2 aromatic carbocycles. The summed E-state index contributed by atoms with van der Waals surface area (Å²) in [6.45, 7) is 4.26. The first kappa shape index (κ1) is 22.4. The van der Waals surface area contributed by atoms with Gasteiger partial charge in [0.2, 0.25) is 10.0 Å². The fourth-order valence-corrected chi connectivity index (χ4v) is 5.78. The zero-order valence-electron chi connectivity index (χ0n) is 18.1. The van der Waals surface area contributed by atoms with E-state index < -0.39 is 22.6 Å². The molecule has 170 valence electrons. The van der Waals surface area contributed by atoms with Crippen LogP contribution < -0.4 is 4.90 Å².